The fourth-order valence-electron chi connectivity index (χ4n) is 3.44. The van der Waals surface area contributed by atoms with Gasteiger partial charge in [-0.25, -0.2) is 4.90 Å². The standard InChI is InChI=1S/C20H16BrN3O4/c1-11(25)17-16-18(24(22-17)13-9-7-12(21)8-10-13)20(27)23(19(16)26)14-5-3-4-6-15(14)28-2/h3-10,18,22H,1-2H3. The number of nitrogens with zero attached hydrogens (tertiary/aromatic N) is 2. The van der Waals surface area contributed by atoms with Gasteiger partial charge in [0.15, 0.2) is 11.8 Å². The number of nitrogens with one attached hydrogen (secondary N) is 1. The Hall–Kier alpha value is -3.13. The average Bonchev–Trinajstić information content (AvgIpc) is 3.20. The molecule has 4 rings (SSSR count). The summed E-state index contributed by atoms with van der Waals surface area (Å²) >= 11 is 3.38. The summed E-state index contributed by atoms with van der Waals surface area (Å²) < 4.78 is 6.19. The number of benzene rings is 2. The molecule has 2 heterocycles. The van der Waals surface area contributed by atoms with Gasteiger partial charge in [-0.2, -0.15) is 0 Å². The molecule has 2 aliphatic heterocycles. The SMILES string of the molecule is COc1ccccc1N1C(=O)C2=C(C(C)=O)NN(c3ccc(Br)cc3)C2C1=O. The summed E-state index contributed by atoms with van der Waals surface area (Å²) in [5.74, 6) is -0.895. The number of ketones is 1. The quantitative estimate of drug-likeness (QED) is 0.734. The molecule has 0 saturated carbocycles. The van der Waals surface area contributed by atoms with E-state index in [4.69, 9.17) is 4.74 Å². The highest BCUT2D eigenvalue weighted by Crippen LogP contribution is 2.39. The molecular formula is C20H16BrN3O4. The molecule has 2 aromatic carbocycles. The number of imide groups is 1. The first kappa shape index (κ1) is 18.2. The summed E-state index contributed by atoms with van der Waals surface area (Å²) in [7, 11) is 1.47. The molecule has 0 spiro atoms. The van der Waals surface area contributed by atoms with E-state index in [0.717, 1.165) is 9.37 Å². The van der Waals surface area contributed by atoms with Crippen LogP contribution < -0.4 is 20.1 Å². The Morgan fingerprint density at radius 2 is 1.79 bits per heavy atom. The fraction of sp³-hybridized carbons (Fsp3) is 0.150. The Kier molecular flexibility index (Phi) is 4.43. The van der Waals surface area contributed by atoms with Crippen LogP contribution in [0.25, 0.3) is 0 Å². The van der Waals surface area contributed by atoms with Gasteiger partial charge in [-0.15, -0.1) is 0 Å². The minimum absolute atomic E-state index is 0.128. The van der Waals surface area contributed by atoms with Gasteiger partial charge >= 0.3 is 0 Å². The zero-order chi connectivity index (χ0) is 20.0. The van der Waals surface area contributed by atoms with Crippen LogP contribution >= 0.6 is 15.9 Å². The number of hydrazine groups is 1. The molecule has 0 bridgehead atoms. The van der Waals surface area contributed by atoms with E-state index in [2.05, 4.69) is 21.4 Å². The van der Waals surface area contributed by atoms with Gasteiger partial charge in [0, 0.05) is 11.4 Å². The zero-order valence-corrected chi connectivity index (χ0v) is 16.7. The first-order chi connectivity index (χ1) is 13.4. The maximum atomic E-state index is 13.3. The Balaban J connectivity index is 1.83. The van der Waals surface area contributed by atoms with E-state index < -0.39 is 17.9 Å². The Morgan fingerprint density at radius 3 is 2.43 bits per heavy atom. The van der Waals surface area contributed by atoms with Crippen LogP contribution in [0.5, 0.6) is 5.75 Å². The van der Waals surface area contributed by atoms with Crippen molar-refractivity contribution in [2.24, 2.45) is 0 Å². The number of hydrogen-bond acceptors (Lipinski definition) is 6. The minimum atomic E-state index is -0.933. The third-order valence-electron chi connectivity index (χ3n) is 4.70. The number of hydrogen-bond donors (Lipinski definition) is 1. The molecule has 0 radical (unpaired) electrons. The normalized spacial score (nSPS) is 18.5. The Bertz CT molecular complexity index is 1030. The van der Waals surface area contributed by atoms with Crippen molar-refractivity contribution in [2.75, 3.05) is 17.0 Å². The van der Waals surface area contributed by atoms with Gasteiger partial charge in [0.25, 0.3) is 11.8 Å². The van der Waals surface area contributed by atoms with Crippen molar-refractivity contribution in [1.29, 1.82) is 0 Å². The lowest BCUT2D eigenvalue weighted by molar-refractivity contribution is -0.121. The lowest BCUT2D eigenvalue weighted by Crippen LogP contribution is -2.46. The van der Waals surface area contributed by atoms with Crippen LogP contribution in [0.1, 0.15) is 6.92 Å². The van der Waals surface area contributed by atoms with Crippen LogP contribution in [0.15, 0.2) is 64.3 Å². The van der Waals surface area contributed by atoms with Crippen LogP contribution in [-0.4, -0.2) is 30.7 Å². The maximum Gasteiger partial charge on any atom is 0.266 e. The average molecular weight is 442 g/mol. The topological polar surface area (TPSA) is 79.0 Å². The van der Waals surface area contributed by atoms with E-state index >= 15 is 0 Å². The van der Waals surface area contributed by atoms with Gasteiger partial charge in [-0.05, 0) is 36.4 Å². The molecule has 0 aliphatic carbocycles. The molecule has 1 N–H and O–H groups in total. The smallest absolute Gasteiger partial charge is 0.266 e. The summed E-state index contributed by atoms with van der Waals surface area (Å²) in [4.78, 5) is 39.7. The van der Waals surface area contributed by atoms with Crippen molar-refractivity contribution in [3.05, 3.63) is 64.3 Å². The van der Waals surface area contributed by atoms with Crippen molar-refractivity contribution < 1.29 is 19.1 Å². The van der Waals surface area contributed by atoms with Gasteiger partial charge in [-0.1, -0.05) is 28.1 Å². The van der Waals surface area contributed by atoms with E-state index in [-0.39, 0.29) is 17.1 Å². The lowest BCUT2D eigenvalue weighted by atomic mass is 10.1. The number of Topliss-reactive ketones (excluding diaryl/α,β-unsaturated/α-hetero) is 1. The highest BCUT2D eigenvalue weighted by molar-refractivity contribution is 9.10. The van der Waals surface area contributed by atoms with Crippen LogP contribution in [0, 0.1) is 0 Å². The number of allylic oxidation sites excluding steroid dienone is 1. The number of methoxy groups -OCH3 is 1. The van der Waals surface area contributed by atoms with Crippen LogP contribution in [-0.2, 0) is 14.4 Å². The van der Waals surface area contributed by atoms with E-state index in [9.17, 15) is 14.4 Å². The summed E-state index contributed by atoms with van der Waals surface area (Å²) in [6, 6.07) is 13.1. The van der Waals surface area contributed by atoms with Crippen molar-refractivity contribution in [2.45, 2.75) is 13.0 Å². The Morgan fingerprint density at radius 1 is 1.11 bits per heavy atom. The first-order valence-corrected chi connectivity index (χ1v) is 9.31. The molecule has 1 fully saturated rings. The van der Waals surface area contributed by atoms with Crippen molar-refractivity contribution >= 4 is 44.9 Å². The number of carbonyl (C=O) groups is 3. The van der Waals surface area contributed by atoms with Crippen LogP contribution in [0.2, 0.25) is 0 Å². The third-order valence-corrected chi connectivity index (χ3v) is 5.23. The van der Waals surface area contributed by atoms with Gasteiger partial charge in [0.05, 0.1) is 24.1 Å². The van der Waals surface area contributed by atoms with Gasteiger partial charge in [0.1, 0.15) is 11.4 Å². The second-order valence-corrected chi connectivity index (χ2v) is 7.27. The maximum absolute atomic E-state index is 13.3. The number of para-hydroxylation sites is 2. The fourth-order valence-corrected chi connectivity index (χ4v) is 3.70. The molecule has 1 atom stereocenters. The van der Waals surface area contributed by atoms with Gasteiger partial charge < -0.3 is 4.74 Å². The van der Waals surface area contributed by atoms with Gasteiger partial charge in [0.2, 0.25) is 0 Å². The number of amides is 2. The number of fused-ring (bicyclic) bond motifs is 1. The molecule has 1 saturated heterocycles. The molecule has 8 heteroatoms. The van der Waals surface area contributed by atoms with Crippen molar-refractivity contribution in [1.82, 2.24) is 5.43 Å². The molecule has 2 aliphatic rings. The number of halogens is 1. The molecule has 0 aromatic heterocycles. The van der Waals surface area contributed by atoms with E-state index in [1.54, 1.807) is 41.4 Å². The second-order valence-electron chi connectivity index (χ2n) is 6.36. The van der Waals surface area contributed by atoms with E-state index in [1.165, 1.54) is 14.0 Å². The third kappa shape index (κ3) is 2.68. The van der Waals surface area contributed by atoms with Crippen molar-refractivity contribution in [3.8, 4) is 5.75 Å². The predicted molar refractivity (Wildman–Crippen MR) is 107 cm³/mol. The summed E-state index contributed by atoms with van der Waals surface area (Å²) in [5, 5.41) is 1.55. The molecule has 1 unspecified atom stereocenters. The Labute approximate surface area is 169 Å². The van der Waals surface area contributed by atoms with E-state index in [0.29, 0.717) is 17.1 Å². The first-order valence-electron chi connectivity index (χ1n) is 8.52. The largest absolute Gasteiger partial charge is 0.495 e. The van der Waals surface area contributed by atoms with Crippen molar-refractivity contribution in [3.63, 3.8) is 0 Å². The number of anilines is 2. The molecular weight excluding hydrogens is 426 g/mol. The molecule has 142 valence electrons. The summed E-state index contributed by atoms with van der Waals surface area (Å²) in [6.45, 7) is 1.36. The summed E-state index contributed by atoms with van der Waals surface area (Å²) in [5.41, 5.74) is 4.22. The number of ether oxygens (including phenoxy) is 1. The molecule has 2 aromatic rings. The monoisotopic (exact) mass is 441 g/mol. The van der Waals surface area contributed by atoms with Crippen LogP contribution in [0.4, 0.5) is 11.4 Å². The molecule has 7 nitrogen and oxygen atoms in total. The molecule has 2 amide bonds. The minimum Gasteiger partial charge on any atom is -0.495 e. The lowest BCUT2D eigenvalue weighted by Gasteiger charge is -2.26. The van der Waals surface area contributed by atoms with E-state index in [1.807, 2.05) is 12.1 Å². The van der Waals surface area contributed by atoms with Gasteiger partial charge in [-0.3, -0.25) is 24.8 Å². The highest BCUT2D eigenvalue weighted by atomic mass is 79.9. The summed E-state index contributed by atoms with van der Waals surface area (Å²) in [6.07, 6.45) is 0. The predicted octanol–water partition coefficient (Wildman–Crippen LogP) is 2.57. The van der Waals surface area contributed by atoms with Crippen LogP contribution in [0.3, 0.4) is 0 Å². The highest BCUT2D eigenvalue weighted by Gasteiger charge is 2.54. The molecule has 28 heavy (non-hydrogen) atoms. The number of rotatable bonds is 4. The number of carbonyl (C=O) groups excluding carboxylic acids is 3. The second kappa shape index (κ2) is 6.79. The zero-order valence-electron chi connectivity index (χ0n) is 15.1.